The van der Waals surface area contributed by atoms with Crippen molar-refractivity contribution in [1.29, 1.82) is 0 Å². The normalized spacial score (nSPS) is 20.5. The fourth-order valence-corrected chi connectivity index (χ4v) is 4.43. The van der Waals surface area contributed by atoms with Crippen LogP contribution in [0.4, 0.5) is 0 Å². The summed E-state index contributed by atoms with van der Waals surface area (Å²) in [7, 11) is 0. The Labute approximate surface area is 172 Å². The zero-order valence-corrected chi connectivity index (χ0v) is 17.3. The molecule has 0 unspecified atom stereocenters. The van der Waals surface area contributed by atoms with E-state index in [0.29, 0.717) is 0 Å². The summed E-state index contributed by atoms with van der Waals surface area (Å²) in [5, 5.41) is 1.04. The lowest BCUT2D eigenvalue weighted by Crippen LogP contribution is -3.30. The molecular weight excluding hydrogens is 362 g/mol. The van der Waals surface area contributed by atoms with Gasteiger partial charge in [0.15, 0.2) is 0 Å². The molecule has 1 atom stereocenters. The number of carbonyl (C=O) groups excluding carboxylic acids is 1. The number of nitrogens with one attached hydrogen (secondary N) is 3. The van der Waals surface area contributed by atoms with Gasteiger partial charge in [-0.25, -0.2) is 0 Å². The fourth-order valence-electron chi connectivity index (χ4n) is 4.43. The molecule has 1 aliphatic rings. The number of aromatic amines is 1. The minimum absolute atomic E-state index is 0.0185. The van der Waals surface area contributed by atoms with Crippen LogP contribution in [0, 0.1) is 6.92 Å². The maximum absolute atomic E-state index is 13.3. The minimum Gasteiger partial charge on any atom is -0.488 e. The number of rotatable bonds is 7. The molecule has 29 heavy (non-hydrogen) atoms. The van der Waals surface area contributed by atoms with Gasteiger partial charge >= 0.3 is 0 Å². The molecule has 5 nitrogen and oxygen atoms in total. The Morgan fingerprint density at radius 1 is 1.03 bits per heavy atom. The number of ketones is 1. The number of quaternary nitrogens is 2. The summed E-state index contributed by atoms with van der Waals surface area (Å²) < 4.78 is 5.84. The number of H-pyrrole nitrogens is 1. The Morgan fingerprint density at radius 2 is 1.72 bits per heavy atom. The molecule has 0 amide bonds. The molecule has 2 aromatic carbocycles. The molecule has 1 fully saturated rings. The lowest BCUT2D eigenvalue weighted by Gasteiger charge is -2.32. The molecule has 0 spiro atoms. The number of piperazine rings is 1. The molecule has 5 heteroatoms. The Bertz CT molecular complexity index is 959. The summed E-state index contributed by atoms with van der Waals surface area (Å²) in [5.41, 5.74) is 2.89. The van der Waals surface area contributed by atoms with E-state index in [1.807, 2.05) is 61.5 Å². The average Bonchev–Trinajstić information content (AvgIpc) is 3.09. The molecule has 0 saturated carbocycles. The monoisotopic (exact) mass is 393 g/mol. The minimum atomic E-state index is -0.0185. The topological polar surface area (TPSA) is 51.0 Å². The number of hydrogen-bond donors (Lipinski definition) is 3. The first-order valence-corrected chi connectivity index (χ1v) is 10.6. The summed E-state index contributed by atoms with van der Waals surface area (Å²) in [6.45, 7) is 10.0. The number of aryl methyl sites for hydroxylation is 1. The maximum atomic E-state index is 13.3. The Morgan fingerprint density at radius 3 is 2.48 bits per heavy atom. The van der Waals surface area contributed by atoms with Gasteiger partial charge in [-0.05, 0) is 32.0 Å². The molecule has 2 heterocycles. The predicted molar refractivity (Wildman–Crippen MR) is 115 cm³/mol. The molecule has 1 saturated heterocycles. The highest BCUT2D eigenvalue weighted by Crippen LogP contribution is 2.22. The third-order valence-electron chi connectivity index (χ3n) is 6.21. The third-order valence-corrected chi connectivity index (χ3v) is 6.21. The predicted octanol–water partition coefficient (Wildman–Crippen LogP) is 0.910. The molecule has 3 aromatic rings. The fraction of sp³-hybridized carbons (Fsp3) is 0.375. The van der Waals surface area contributed by atoms with Gasteiger partial charge in [-0.2, -0.15) is 0 Å². The zero-order valence-electron chi connectivity index (χ0n) is 17.3. The third kappa shape index (κ3) is 4.36. The first-order chi connectivity index (χ1) is 14.1. The first-order valence-electron chi connectivity index (χ1n) is 10.6. The highest BCUT2D eigenvalue weighted by molar-refractivity contribution is 6.10. The van der Waals surface area contributed by atoms with Crippen LogP contribution in [0.1, 0.15) is 23.0 Å². The summed E-state index contributed by atoms with van der Waals surface area (Å²) in [5.74, 6) is 1.19. The van der Waals surface area contributed by atoms with Crippen molar-refractivity contribution in [3.63, 3.8) is 0 Å². The SMILES string of the molecule is Cc1[nH]c2ccccc2c1C(=O)[C@H](C)[NH+]1CC[NH+](CCOc2ccccc2)CC1. The smallest absolute Gasteiger partial charge is 0.222 e. The Kier molecular flexibility index (Phi) is 5.97. The van der Waals surface area contributed by atoms with Crippen LogP contribution in [0.2, 0.25) is 0 Å². The molecular formula is C24H31N3O2+2. The van der Waals surface area contributed by atoms with E-state index in [9.17, 15) is 4.79 Å². The molecule has 1 aromatic heterocycles. The second-order valence-corrected chi connectivity index (χ2v) is 8.08. The van der Waals surface area contributed by atoms with Crippen molar-refractivity contribution in [2.45, 2.75) is 19.9 Å². The summed E-state index contributed by atoms with van der Waals surface area (Å²) in [4.78, 5) is 19.6. The molecule has 0 bridgehead atoms. The van der Waals surface area contributed by atoms with E-state index in [1.165, 1.54) is 4.90 Å². The highest BCUT2D eigenvalue weighted by atomic mass is 16.5. The number of benzene rings is 2. The van der Waals surface area contributed by atoms with Gasteiger partial charge < -0.3 is 19.5 Å². The summed E-state index contributed by atoms with van der Waals surface area (Å²) >= 11 is 0. The van der Waals surface area contributed by atoms with E-state index in [4.69, 9.17) is 4.74 Å². The van der Waals surface area contributed by atoms with Gasteiger partial charge in [0.05, 0.1) is 5.56 Å². The van der Waals surface area contributed by atoms with E-state index >= 15 is 0 Å². The molecule has 4 rings (SSSR count). The van der Waals surface area contributed by atoms with Crippen LogP contribution in [-0.2, 0) is 0 Å². The number of fused-ring (bicyclic) bond motifs is 1. The number of aromatic nitrogens is 1. The molecule has 152 valence electrons. The lowest BCUT2D eigenvalue weighted by molar-refractivity contribution is -1.02. The van der Waals surface area contributed by atoms with Crippen molar-refractivity contribution < 1.29 is 19.3 Å². The van der Waals surface area contributed by atoms with E-state index in [2.05, 4.69) is 11.9 Å². The number of hydrogen-bond acceptors (Lipinski definition) is 2. The van der Waals surface area contributed by atoms with Crippen LogP contribution in [0.15, 0.2) is 54.6 Å². The summed E-state index contributed by atoms with van der Waals surface area (Å²) in [6, 6.07) is 18.1. The van der Waals surface area contributed by atoms with Crippen LogP contribution < -0.4 is 14.5 Å². The molecule has 0 aliphatic carbocycles. The largest absolute Gasteiger partial charge is 0.488 e. The van der Waals surface area contributed by atoms with E-state index in [-0.39, 0.29) is 11.8 Å². The van der Waals surface area contributed by atoms with Gasteiger partial charge in [0.1, 0.15) is 51.1 Å². The Hall–Kier alpha value is -2.63. The quantitative estimate of drug-likeness (QED) is 0.523. The van der Waals surface area contributed by atoms with Crippen LogP contribution >= 0.6 is 0 Å². The van der Waals surface area contributed by atoms with Gasteiger partial charge in [-0.1, -0.05) is 36.4 Å². The van der Waals surface area contributed by atoms with Gasteiger partial charge in [0.2, 0.25) is 5.78 Å². The second-order valence-electron chi connectivity index (χ2n) is 8.08. The molecule has 1 aliphatic heterocycles. The maximum Gasteiger partial charge on any atom is 0.222 e. The van der Waals surface area contributed by atoms with Crippen molar-refractivity contribution in [3.8, 4) is 5.75 Å². The highest BCUT2D eigenvalue weighted by Gasteiger charge is 2.33. The van der Waals surface area contributed by atoms with Gasteiger partial charge in [-0.15, -0.1) is 0 Å². The van der Waals surface area contributed by atoms with E-state index in [1.54, 1.807) is 4.90 Å². The van der Waals surface area contributed by atoms with Gasteiger partial charge in [-0.3, -0.25) is 4.79 Å². The lowest BCUT2D eigenvalue weighted by atomic mass is 10.0. The molecule has 3 N–H and O–H groups in total. The number of Topliss-reactive ketones (excluding diaryl/α,β-unsaturated/α-hetero) is 1. The Balaban J connectivity index is 1.31. The second kappa shape index (κ2) is 8.80. The van der Waals surface area contributed by atoms with Crippen molar-refractivity contribution in [2.24, 2.45) is 0 Å². The number of carbonyl (C=O) groups is 1. The van der Waals surface area contributed by atoms with Gasteiger partial charge in [0.25, 0.3) is 0 Å². The number of para-hydroxylation sites is 2. The van der Waals surface area contributed by atoms with Crippen LogP contribution in [0.3, 0.4) is 0 Å². The first kappa shape index (κ1) is 19.7. The molecule has 0 radical (unpaired) electrons. The van der Waals surface area contributed by atoms with Crippen LogP contribution in [0.25, 0.3) is 10.9 Å². The standard InChI is InChI=1S/C24H29N3O2/c1-18-23(21-10-6-7-11-22(21)25-18)24(28)19(2)27-14-12-26(13-15-27)16-17-29-20-8-4-3-5-9-20/h3-11,19,25H,12-17H2,1-2H3/p+2/t19-/m0/s1. The van der Waals surface area contributed by atoms with Crippen LogP contribution in [-0.4, -0.2) is 56.1 Å². The van der Waals surface area contributed by atoms with Crippen molar-refractivity contribution >= 4 is 16.7 Å². The zero-order chi connectivity index (χ0) is 20.2. The van der Waals surface area contributed by atoms with E-state index in [0.717, 1.165) is 67.2 Å². The van der Waals surface area contributed by atoms with Gasteiger partial charge in [0, 0.05) is 16.6 Å². The van der Waals surface area contributed by atoms with Crippen molar-refractivity contribution in [3.05, 3.63) is 65.9 Å². The van der Waals surface area contributed by atoms with Crippen LogP contribution in [0.5, 0.6) is 5.75 Å². The number of ether oxygens (including phenoxy) is 1. The van der Waals surface area contributed by atoms with E-state index < -0.39 is 0 Å². The average molecular weight is 394 g/mol. The summed E-state index contributed by atoms with van der Waals surface area (Å²) in [6.07, 6.45) is 0. The van der Waals surface area contributed by atoms with Crippen molar-refractivity contribution in [1.82, 2.24) is 4.98 Å². The van der Waals surface area contributed by atoms with Crippen molar-refractivity contribution in [2.75, 3.05) is 39.3 Å².